The number of alkyl carbamates (subject to hydrolysis) is 1. The molecule has 0 fully saturated rings. The molecule has 0 radical (unpaired) electrons. The lowest BCUT2D eigenvalue weighted by molar-refractivity contribution is -0.387. The highest BCUT2D eigenvalue weighted by Crippen LogP contribution is 2.30. The lowest BCUT2D eigenvalue weighted by atomic mass is 10.2. The van der Waals surface area contributed by atoms with Crippen LogP contribution in [0, 0.1) is 10.1 Å². The van der Waals surface area contributed by atoms with Crippen molar-refractivity contribution in [2.24, 2.45) is 0 Å². The first-order valence-corrected chi connectivity index (χ1v) is 8.65. The minimum atomic E-state index is -1.30. The third-order valence-corrected chi connectivity index (χ3v) is 4.14. The smallest absolute Gasteiger partial charge is 0.408 e. The zero-order valence-electron chi connectivity index (χ0n) is 15.2. The third kappa shape index (κ3) is 7.13. The Labute approximate surface area is 159 Å². The lowest BCUT2D eigenvalue weighted by Gasteiger charge is -2.22. The number of carboxylic acids is 1. The van der Waals surface area contributed by atoms with Gasteiger partial charge < -0.3 is 19.9 Å². The van der Waals surface area contributed by atoms with Gasteiger partial charge in [-0.2, -0.15) is 0 Å². The number of rotatable bonds is 7. The summed E-state index contributed by atoms with van der Waals surface area (Å²) in [6, 6.07) is 2.30. The predicted octanol–water partition coefficient (Wildman–Crippen LogP) is 2.45. The van der Waals surface area contributed by atoms with Crippen molar-refractivity contribution < 1.29 is 33.9 Å². The van der Waals surface area contributed by atoms with E-state index < -0.39 is 40.3 Å². The van der Waals surface area contributed by atoms with Crippen molar-refractivity contribution in [2.45, 2.75) is 37.3 Å². The Morgan fingerprint density at radius 3 is 2.44 bits per heavy atom. The van der Waals surface area contributed by atoms with Crippen LogP contribution in [0.15, 0.2) is 23.1 Å². The summed E-state index contributed by atoms with van der Waals surface area (Å²) < 4.78 is 9.70. The molecule has 2 N–H and O–H groups in total. The van der Waals surface area contributed by atoms with Crippen LogP contribution < -0.4 is 5.32 Å². The van der Waals surface area contributed by atoms with Crippen LogP contribution in [-0.4, -0.2) is 52.6 Å². The van der Waals surface area contributed by atoms with Crippen LogP contribution in [-0.2, 0) is 14.3 Å². The SMILES string of the molecule is COC(=O)[C@@H](CSc1ccc(C(=O)O)cc1[N+](=O)[O-])NC(=O)OC(C)(C)C. The van der Waals surface area contributed by atoms with Crippen LogP contribution in [0.4, 0.5) is 10.5 Å². The third-order valence-electron chi connectivity index (χ3n) is 2.98. The van der Waals surface area contributed by atoms with E-state index in [1.165, 1.54) is 12.1 Å². The number of carbonyl (C=O) groups is 3. The van der Waals surface area contributed by atoms with E-state index in [0.29, 0.717) is 0 Å². The molecule has 1 rings (SSSR count). The van der Waals surface area contributed by atoms with Gasteiger partial charge in [-0.15, -0.1) is 11.8 Å². The monoisotopic (exact) mass is 400 g/mol. The number of ether oxygens (including phenoxy) is 2. The van der Waals surface area contributed by atoms with Gasteiger partial charge in [0.2, 0.25) is 0 Å². The number of aromatic carboxylic acids is 1. The van der Waals surface area contributed by atoms with Crippen molar-refractivity contribution in [2.75, 3.05) is 12.9 Å². The van der Waals surface area contributed by atoms with Crippen molar-refractivity contribution in [3.05, 3.63) is 33.9 Å². The van der Waals surface area contributed by atoms with Crippen LogP contribution in [0.25, 0.3) is 0 Å². The molecule has 0 aromatic heterocycles. The van der Waals surface area contributed by atoms with E-state index in [9.17, 15) is 24.5 Å². The minimum absolute atomic E-state index is 0.0842. The normalized spacial score (nSPS) is 12.0. The number of thioether (sulfide) groups is 1. The van der Waals surface area contributed by atoms with E-state index in [4.69, 9.17) is 9.84 Å². The summed E-state index contributed by atoms with van der Waals surface area (Å²) in [6.45, 7) is 4.96. The summed E-state index contributed by atoms with van der Waals surface area (Å²) in [7, 11) is 1.14. The number of amides is 1. The Morgan fingerprint density at radius 1 is 1.33 bits per heavy atom. The molecule has 27 heavy (non-hydrogen) atoms. The van der Waals surface area contributed by atoms with Gasteiger partial charge in [-0.3, -0.25) is 10.1 Å². The average molecular weight is 400 g/mol. The molecule has 1 amide bonds. The number of hydrogen-bond donors (Lipinski definition) is 2. The fraction of sp³-hybridized carbons (Fsp3) is 0.438. The lowest BCUT2D eigenvalue weighted by Crippen LogP contribution is -2.45. The Kier molecular flexibility index (Phi) is 7.58. The summed E-state index contributed by atoms with van der Waals surface area (Å²) >= 11 is 0.902. The van der Waals surface area contributed by atoms with Gasteiger partial charge in [0.15, 0.2) is 0 Å². The fourth-order valence-electron chi connectivity index (χ4n) is 1.85. The Balaban J connectivity index is 2.95. The summed E-state index contributed by atoms with van der Waals surface area (Å²) in [6.07, 6.45) is -0.839. The standard InChI is InChI=1S/C16H20N2O8S/c1-16(2,3)26-15(22)17-10(14(21)25-4)8-27-12-6-5-9(13(19)20)7-11(12)18(23)24/h5-7,10H,8H2,1-4H3,(H,17,22)(H,19,20)/t10-/m1/s1. The minimum Gasteiger partial charge on any atom is -0.478 e. The second kappa shape index (κ2) is 9.21. The number of nitro benzene ring substituents is 1. The molecule has 0 aliphatic heterocycles. The van der Waals surface area contributed by atoms with Crippen LogP contribution in [0.3, 0.4) is 0 Å². The maximum Gasteiger partial charge on any atom is 0.408 e. The van der Waals surface area contributed by atoms with Crippen LogP contribution in [0.1, 0.15) is 31.1 Å². The number of nitrogens with one attached hydrogen (secondary N) is 1. The Morgan fingerprint density at radius 2 is 1.96 bits per heavy atom. The van der Waals surface area contributed by atoms with Gasteiger partial charge in [-0.1, -0.05) is 0 Å². The highest BCUT2D eigenvalue weighted by Gasteiger charge is 2.27. The molecule has 0 bridgehead atoms. The Hall–Kier alpha value is -2.82. The molecule has 148 valence electrons. The molecule has 0 aliphatic carbocycles. The van der Waals surface area contributed by atoms with Gasteiger partial charge in [0.05, 0.1) is 22.5 Å². The van der Waals surface area contributed by atoms with Gasteiger partial charge in [-0.05, 0) is 32.9 Å². The van der Waals surface area contributed by atoms with Crippen molar-refractivity contribution in [1.29, 1.82) is 0 Å². The maximum atomic E-state index is 11.9. The quantitative estimate of drug-likeness (QED) is 0.305. The van der Waals surface area contributed by atoms with E-state index in [1.54, 1.807) is 20.8 Å². The molecule has 0 aliphatic rings. The molecule has 11 heteroatoms. The van der Waals surface area contributed by atoms with E-state index in [1.807, 2.05) is 0 Å². The summed E-state index contributed by atoms with van der Waals surface area (Å²) in [5.41, 5.74) is -1.42. The van der Waals surface area contributed by atoms with E-state index in [-0.39, 0.29) is 16.2 Å². The first kappa shape index (κ1) is 22.2. The molecule has 1 atom stereocenters. The van der Waals surface area contributed by atoms with Gasteiger partial charge in [0.1, 0.15) is 11.6 Å². The second-order valence-electron chi connectivity index (χ2n) is 6.28. The molecule has 0 saturated heterocycles. The van der Waals surface area contributed by atoms with Gasteiger partial charge in [-0.25, -0.2) is 14.4 Å². The second-order valence-corrected chi connectivity index (χ2v) is 7.34. The first-order valence-electron chi connectivity index (χ1n) is 7.66. The summed E-state index contributed by atoms with van der Waals surface area (Å²) in [4.78, 5) is 45.3. The number of carboxylic acid groups (broad SMARTS) is 1. The number of benzene rings is 1. The largest absolute Gasteiger partial charge is 0.478 e. The topological polar surface area (TPSA) is 145 Å². The molecular formula is C16H20N2O8S. The molecule has 1 aromatic carbocycles. The summed E-state index contributed by atoms with van der Waals surface area (Å²) in [5, 5.41) is 22.5. The zero-order chi connectivity index (χ0) is 20.8. The van der Waals surface area contributed by atoms with Crippen molar-refractivity contribution >= 4 is 35.5 Å². The van der Waals surface area contributed by atoms with Crippen LogP contribution in [0.2, 0.25) is 0 Å². The Bertz CT molecular complexity index is 744. The maximum absolute atomic E-state index is 11.9. The van der Waals surface area contributed by atoms with E-state index >= 15 is 0 Å². The average Bonchev–Trinajstić information content (AvgIpc) is 2.55. The van der Waals surface area contributed by atoms with Crippen LogP contribution >= 0.6 is 11.8 Å². The van der Waals surface area contributed by atoms with E-state index in [2.05, 4.69) is 10.1 Å². The molecule has 0 unspecified atom stereocenters. The highest BCUT2D eigenvalue weighted by atomic mass is 32.2. The number of methoxy groups -OCH3 is 1. The number of carbonyl (C=O) groups excluding carboxylic acids is 2. The fourth-order valence-corrected chi connectivity index (χ4v) is 2.86. The molecule has 0 saturated carbocycles. The van der Waals surface area contributed by atoms with Gasteiger partial charge >= 0.3 is 18.0 Å². The zero-order valence-corrected chi connectivity index (χ0v) is 16.0. The van der Waals surface area contributed by atoms with Gasteiger partial charge in [0, 0.05) is 11.8 Å². The molecular weight excluding hydrogens is 380 g/mol. The van der Waals surface area contributed by atoms with Crippen molar-refractivity contribution in [3.63, 3.8) is 0 Å². The number of nitro groups is 1. The number of nitrogens with zero attached hydrogens (tertiary/aromatic N) is 1. The predicted molar refractivity (Wildman–Crippen MR) is 96.0 cm³/mol. The van der Waals surface area contributed by atoms with Crippen LogP contribution in [0.5, 0.6) is 0 Å². The molecule has 0 spiro atoms. The number of esters is 1. The highest BCUT2D eigenvalue weighted by molar-refractivity contribution is 7.99. The molecule has 10 nitrogen and oxygen atoms in total. The van der Waals surface area contributed by atoms with Crippen molar-refractivity contribution in [3.8, 4) is 0 Å². The van der Waals surface area contributed by atoms with Crippen molar-refractivity contribution in [1.82, 2.24) is 5.32 Å². The molecule has 1 aromatic rings. The molecule has 0 heterocycles. The van der Waals surface area contributed by atoms with Gasteiger partial charge in [0.25, 0.3) is 5.69 Å². The summed E-state index contributed by atoms with van der Waals surface area (Å²) in [5.74, 6) is -2.13. The van der Waals surface area contributed by atoms with E-state index in [0.717, 1.165) is 24.9 Å². The number of hydrogen-bond acceptors (Lipinski definition) is 8. The first-order chi connectivity index (χ1) is 12.4.